The van der Waals surface area contributed by atoms with Gasteiger partial charge in [0.15, 0.2) is 0 Å². The van der Waals surface area contributed by atoms with Crippen LogP contribution in [0.1, 0.15) is 29.3 Å². The number of piperazine rings is 1. The number of aromatic hydroxyl groups is 1. The van der Waals surface area contributed by atoms with Crippen molar-refractivity contribution in [1.29, 1.82) is 0 Å². The number of amides is 1. The van der Waals surface area contributed by atoms with E-state index in [1.807, 2.05) is 11.8 Å². The van der Waals surface area contributed by atoms with Crippen molar-refractivity contribution in [2.24, 2.45) is 0 Å². The van der Waals surface area contributed by atoms with Crippen LogP contribution >= 0.6 is 0 Å². The normalized spacial score (nSPS) is 16.6. The molecule has 0 bridgehead atoms. The molecule has 1 aliphatic rings. The SMILES string of the molecule is CCCN1CCN(C(=O)c2ccc(C)c(O)c2)CC1. The summed E-state index contributed by atoms with van der Waals surface area (Å²) in [4.78, 5) is 16.6. The minimum atomic E-state index is 0.0199. The molecule has 0 unspecified atom stereocenters. The minimum Gasteiger partial charge on any atom is -0.508 e. The first-order chi connectivity index (χ1) is 9.11. The van der Waals surface area contributed by atoms with E-state index in [9.17, 15) is 9.90 Å². The summed E-state index contributed by atoms with van der Waals surface area (Å²) in [5.41, 5.74) is 1.37. The van der Waals surface area contributed by atoms with Crippen molar-refractivity contribution >= 4 is 5.91 Å². The average Bonchev–Trinajstić information content (AvgIpc) is 2.42. The van der Waals surface area contributed by atoms with E-state index in [2.05, 4.69) is 11.8 Å². The van der Waals surface area contributed by atoms with Crippen LogP contribution in [0.3, 0.4) is 0 Å². The third kappa shape index (κ3) is 3.26. The van der Waals surface area contributed by atoms with Crippen LogP contribution in [0.4, 0.5) is 0 Å². The Kier molecular flexibility index (Phi) is 4.43. The van der Waals surface area contributed by atoms with Crippen LogP contribution < -0.4 is 0 Å². The van der Waals surface area contributed by atoms with Gasteiger partial charge in [-0.2, -0.15) is 0 Å². The molecule has 1 saturated heterocycles. The molecule has 1 aromatic rings. The van der Waals surface area contributed by atoms with Crippen molar-refractivity contribution in [1.82, 2.24) is 9.80 Å². The average molecular weight is 262 g/mol. The van der Waals surface area contributed by atoms with Crippen LogP contribution in [0, 0.1) is 6.92 Å². The number of nitrogens with zero attached hydrogens (tertiary/aromatic N) is 2. The smallest absolute Gasteiger partial charge is 0.254 e. The zero-order valence-corrected chi connectivity index (χ0v) is 11.7. The van der Waals surface area contributed by atoms with E-state index in [1.54, 1.807) is 18.2 Å². The first kappa shape index (κ1) is 13.9. The highest BCUT2D eigenvalue weighted by molar-refractivity contribution is 5.94. The molecule has 0 spiro atoms. The van der Waals surface area contributed by atoms with E-state index in [0.29, 0.717) is 5.56 Å². The van der Waals surface area contributed by atoms with E-state index < -0.39 is 0 Å². The quantitative estimate of drug-likeness (QED) is 0.904. The molecule has 19 heavy (non-hydrogen) atoms. The molecule has 1 aliphatic heterocycles. The lowest BCUT2D eigenvalue weighted by atomic mass is 10.1. The zero-order valence-electron chi connectivity index (χ0n) is 11.7. The predicted molar refractivity (Wildman–Crippen MR) is 75.5 cm³/mol. The van der Waals surface area contributed by atoms with Crippen molar-refractivity contribution in [2.75, 3.05) is 32.7 Å². The number of carbonyl (C=O) groups excluding carboxylic acids is 1. The number of carbonyl (C=O) groups is 1. The molecule has 0 atom stereocenters. The van der Waals surface area contributed by atoms with Crippen LogP contribution in [-0.4, -0.2) is 53.5 Å². The standard InChI is InChI=1S/C15H22N2O2/c1-3-6-16-7-9-17(10-8-16)15(19)13-5-4-12(2)14(18)11-13/h4-5,11,18H,3,6-10H2,1-2H3. The number of benzene rings is 1. The van der Waals surface area contributed by atoms with E-state index >= 15 is 0 Å². The Morgan fingerprint density at radius 1 is 1.26 bits per heavy atom. The second kappa shape index (κ2) is 6.06. The molecule has 2 rings (SSSR count). The summed E-state index contributed by atoms with van der Waals surface area (Å²) in [7, 11) is 0. The summed E-state index contributed by atoms with van der Waals surface area (Å²) in [6.45, 7) is 8.53. The fourth-order valence-electron chi connectivity index (χ4n) is 2.42. The Labute approximate surface area is 114 Å². The first-order valence-corrected chi connectivity index (χ1v) is 6.93. The van der Waals surface area contributed by atoms with E-state index in [4.69, 9.17) is 0 Å². The van der Waals surface area contributed by atoms with Gasteiger partial charge in [-0.15, -0.1) is 0 Å². The second-order valence-corrected chi connectivity index (χ2v) is 5.14. The third-order valence-corrected chi connectivity index (χ3v) is 3.66. The molecule has 1 heterocycles. The van der Waals surface area contributed by atoms with Crippen LogP contribution in [-0.2, 0) is 0 Å². The van der Waals surface area contributed by atoms with Crippen molar-refractivity contribution < 1.29 is 9.90 Å². The van der Waals surface area contributed by atoms with Gasteiger partial charge in [-0.05, 0) is 37.6 Å². The lowest BCUT2D eigenvalue weighted by Crippen LogP contribution is -2.48. The van der Waals surface area contributed by atoms with Gasteiger partial charge >= 0.3 is 0 Å². The van der Waals surface area contributed by atoms with Gasteiger partial charge in [-0.1, -0.05) is 13.0 Å². The molecule has 0 aliphatic carbocycles. The number of phenolic OH excluding ortho intramolecular Hbond substituents is 1. The Bertz CT molecular complexity index is 451. The maximum atomic E-state index is 12.3. The highest BCUT2D eigenvalue weighted by Gasteiger charge is 2.21. The number of hydrogen-bond donors (Lipinski definition) is 1. The topological polar surface area (TPSA) is 43.8 Å². The van der Waals surface area contributed by atoms with E-state index in [1.165, 1.54) is 0 Å². The van der Waals surface area contributed by atoms with Crippen molar-refractivity contribution in [2.45, 2.75) is 20.3 Å². The minimum absolute atomic E-state index is 0.0199. The molecular formula is C15H22N2O2. The summed E-state index contributed by atoms with van der Waals surface area (Å²) < 4.78 is 0. The molecular weight excluding hydrogens is 240 g/mol. The molecule has 1 N–H and O–H groups in total. The molecule has 4 heteroatoms. The number of rotatable bonds is 3. The molecule has 1 aromatic carbocycles. The lowest BCUT2D eigenvalue weighted by Gasteiger charge is -2.34. The van der Waals surface area contributed by atoms with E-state index in [0.717, 1.165) is 44.7 Å². The van der Waals surface area contributed by atoms with Gasteiger partial charge in [0.1, 0.15) is 5.75 Å². The summed E-state index contributed by atoms with van der Waals surface area (Å²) in [5.74, 6) is 0.210. The molecule has 1 fully saturated rings. The lowest BCUT2D eigenvalue weighted by molar-refractivity contribution is 0.0637. The van der Waals surface area contributed by atoms with Crippen LogP contribution in [0.15, 0.2) is 18.2 Å². The monoisotopic (exact) mass is 262 g/mol. The Balaban J connectivity index is 1.99. The highest BCUT2D eigenvalue weighted by Crippen LogP contribution is 2.19. The fraction of sp³-hybridized carbons (Fsp3) is 0.533. The Hall–Kier alpha value is -1.55. The molecule has 0 saturated carbocycles. The highest BCUT2D eigenvalue weighted by atomic mass is 16.3. The van der Waals surface area contributed by atoms with Crippen LogP contribution in [0.2, 0.25) is 0 Å². The van der Waals surface area contributed by atoms with Crippen molar-refractivity contribution in [3.05, 3.63) is 29.3 Å². The van der Waals surface area contributed by atoms with Gasteiger partial charge in [-0.25, -0.2) is 0 Å². The van der Waals surface area contributed by atoms with E-state index in [-0.39, 0.29) is 11.7 Å². The van der Waals surface area contributed by atoms with Crippen LogP contribution in [0.5, 0.6) is 5.75 Å². The maximum absolute atomic E-state index is 12.3. The summed E-state index contributed by atoms with van der Waals surface area (Å²) >= 11 is 0. The maximum Gasteiger partial charge on any atom is 0.254 e. The molecule has 0 radical (unpaired) electrons. The number of phenols is 1. The zero-order chi connectivity index (χ0) is 13.8. The van der Waals surface area contributed by atoms with Gasteiger partial charge in [0, 0.05) is 31.7 Å². The van der Waals surface area contributed by atoms with Gasteiger partial charge in [0.05, 0.1) is 0 Å². The third-order valence-electron chi connectivity index (χ3n) is 3.66. The molecule has 4 nitrogen and oxygen atoms in total. The fourth-order valence-corrected chi connectivity index (χ4v) is 2.42. The molecule has 1 amide bonds. The number of aryl methyl sites for hydroxylation is 1. The predicted octanol–water partition coefficient (Wildman–Crippen LogP) is 1.87. The summed E-state index contributed by atoms with van der Waals surface area (Å²) in [6, 6.07) is 5.14. The second-order valence-electron chi connectivity index (χ2n) is 5.14. The largest absolute Gasteiger partial charge is 0.508 e. The Morgan fingerprint density at radius 2 is 1.95 bits per heavy atom. The van der Waals surface area contributed by atoms with Gasteiger partial charge in [0.2, 0.25) is 0 Å². The van der Waals surface area contributed by atoms with Crippen molar-refractivity contribution in [3.63, 3.8) is 0 Å². The summed E-state index contributed by atoms with van der Waals surface area (Å²) in [6.07, 6.45) is 1.15. The van der Waals surface area contributed by atoms with Gasteiger partial charge in [-0.3, -0.25) is 9.69 Å². The molecule has 0 aromatic heterocycles. The van der Waals surface area contributed by atoms with Gasteiger partial charge < -0.3 is 10.0 Å². The first-order valence-electron chi connectivity index (χ1n) is 6.93. The summed E-state index contributed by atoms with van der Waals surface area (Å²) in [5, 5.41) is 9.68. The van der Waals surface area contributed by atoms with Crippen LogP contribution in [0.25, 0.3) is 0 Å². The van der Waals surface area contributed by atoms with Gasteiger partial charge in [0.25, 0.3) is 5.91 Å². The molecule has 104 valence electrons. The Morgan fingerprint density at radius 3 is 2.53 bits per heavy atom. The van der Waals surface area contributed by atoms with Crippen molar-refractivity contribution in [3.8, 4) is 5.75 Å². The number of hydrogen-bond acceptors (Lipinski definition) is 3.